The van der Waals surface area contributed by atoms with Gasteiger partial charge in [0.05, 0.1) is 16.4 Å². The van der Waals surface area contributed by atoms with Crippen LogP contribution >= 0.6 is 11.6 Å². The smallest absolute Gasteiger partial charge is 0.358 e. The topological polar surface area (TPSA) is 91.2 Å². The quantitative estimate of drug-likeness (QED) is 0.794. The van der Waals surface area contributed by atoms with Gasteiger partial charge in [0, 0.05) is 25.4 Å². The molecule has 0 unspecified atom stereocenters. The first kappa shape index (κ1) is 21.8. The molecule has 3 rings (SSSR count). The first-order valence-corrected chi connectivity index (χ1v) is 8.73. The molecule has 0 radical (unpaired) electrons. The minimum atomic E-state index is -5.00. The minimum Gasteiger partial charge on any atom is -0.358 e. The second-order valence-corrected chi connectivity index (χ2v) is 6.50. The van der Waals surface area contributed by atoms with Gasteiger partial charge < -0.3 is 15.3 Å². The molecule has 1 amide bonds. The third-order valence-corrected chi connectivity index (χ3v) is 3.95. The van der Waals surface area contributed by atoms with Gasteiger partial charge in [-0.05, 0) is 32.4 Å². The van der Waals surface area contributed by atoms with Crippen LogP contribution in [0.1, 0.15) is 19.2 Å². The molecule has 3 heterocycles. The number of aryl methyl sites for hydroxylation is 1. The highest BCUT2D eigenvalue weighted by Crippen LogP contribution is 2.20. The summed E-state index contributed by atoms with van der Waals surface area (Å²) in [5.41, 5.74) is 1.41. The Morgan fingerprint density at radius 2 is 1.93 bits per heavy atom. The van der Waals surface area contributed by atoms with Gasteiger partial charge in [-0.1, -0.05) is 11.6 Å². The molecule has 2 N–H and O–H groups in total. The zero-order valence-electron chi connectivity index (χ0n) is 15.2. The van der Waals surface area contributed by atoms with Crippen molar-refractivity contribution in [3.05, 3.63) is 35.2 Å². The average molecular weight is 418 g/mol. The Labute approximate surface area is 164 Å². The number of anilines is 1. The maximum absolute atomic E-state index is 12.2. The molecule has 0 bridgehead atoms. The molecular formula is C17H19ClF3N5O2. The summed E-state index contributed by atoms with van der Waals surface area (Å²) >= 11 is 5.86. The molecule has 1 atom stereocenters. The van der Waals surface area contributed by atoms with E-state index in [9.17, 15) is 18.0 Å². The normalized spacial score (nSPS) is 14.5. The van der Waals surface area contributed by atoms with Gasteiger partial charge in [0.25, 0.3) is 0 Å². The fraction of sp³-hybridized carbons (Fsp3) is 0.412. The number of amides is 1. The van der Waals surface area contributed by atoms with Crippen molar-refractivity contribution < 1.29 is 23.1 Å². The number of carbonyl (C=O) groups excluding carboxylic acids is 1. The molecule has 152 valence electrons. The number of nitrogens with one attached hydrogen (secondary N) is 1. The first-order chi connectivity index (χ1) is 13.0. The van der Waals surface area contributed by atoms with Crippen LogP contribution in [0.4, 0.5) is 19.0 Å². The lowest BCUT2D eigenvalue weighted by Crippen LogP contribution is -2.48. The molecule has 0 saturated carbocycles. The van der Waals surface area contributed by atoms with Crippen LogP contribution in [-0.4, -0.2) is 56.4 Å². The van der Waals surface area contributed by atoms with Crippen LogP contribution in [-0.2, 0) is 4.79 Å². The van der Waals surface area contributed by atoms with E-state index in [0.717, 1.165) is 19.5 Å². The molecule has 1 fully saturated rings. The SMILES string of the molecule is Cc1nc(N[C@H](C)C(=O)N2CCC2)cc(-c2ccc(Cl)cn2)n1.OC(F)(F)F. The highest BCUT2D eigenvalue weighted by molar-refractivity contribution is 6.30. The van der Waals surface area contributed by atoms with Crippen LogP contribution in [0, 0.1) is 6.92 Å². The Morgan fingerprint density at radius 1 is 1.29 bits per heavy atom. The van der Waals surface area contributed by atoms with Gasteiger partial charge in [0.1, 0.15) is 17.7 Å². The molecule has 1 aliphatic rings. The third-order valence-electron chi connectivity index (χ3n) is 3.73. The van der Waals surface area contributed by atoms with E-state index in [1.165, 1.54) is 0 Å². The first-order valence-electron chi connectivity index (χ1n) is 8.35. The monoisotopic (exact) mass is 417 g/mol. The minimum absolute atomic E-state index is 0.0960. The number of rotatable bonds is 4. The highest BCUT2D eigenvalue weighted by atomic mass is 35.5. The summed E-state index contributed by atoms with van der Waals surface area (Å²) in [5, 5.41) is 10.3. The van der Waals surface area contributed by atoms with E-state index in [1.807, 2.05) is 24.8 Å². The van der Waals surface area contributed by atoms with Gasteiger partial charge in [-0.2, -0.15) is 0 Å². The molecular weight excluding hydrogens is 399 g/mol. The second-order valence-electron chi connectivity index (χ2n) is 6.06. The number of pyridine rings is 1. The van der Waals surface area contributed by atoms with Gasteiger partial charge in [-0.15, -0.1) is 13.2 Å². The molecule has 0 spiro atoms. The van der Waals surface area contributed by atoms with Gasteiger partial charge in [0.15, 0.2) is 0 Å². The lowest BCUT2D eigenvalue weighted by Gasteiger charge is -2.33. The predicted octanol–water partition coefficient (Wildman–Crippen LogP) is 3.03. The Kier molecular flexibility index (Phi) is 7.14. The third kappa shape index (κ3) is 6.93. The highest BCUT2D eigenvalue weighted by Gasteiger charge is 2.25. The number of halogens is 4. The number of alkyl halides is 3. The summed E-state index contributed by atoms with van der Waals surface area (Å²) in [4.78, 5) is 27.1. The van der Waals surface area contributed by atoms with Crippen LogP contribution in [0.3, 0.4) is 0 Å². The summed E-state index contributed by atoms with van der Waals surface area (Å²) in [6, 6.07) is 5.05. The molecule has 2 aromatic rings. The number of carbonyl (C=O) groups is 1. The molecule has 1 saturated heterocycles. The number of hydrogen-bond acceptors (Lipinski definition) is 6. The van der Waals surface area contributed by atoms with Crippen molar-refractivity contribution >= 4 is 23.3 Å². The Morgan fingerprint density at radius 3 is 2.43 bits per heavy atom. The van der Waals surface area contributed by atoms with E-state index in [-0.39, 0.29) is 11.9 Å². The summed E-state index contributed by atoms with van der Waals surface area (Å²) in [6.07, 6.45) is -2.34. The van der Waals surface area contributed by atoms with Crippen molar-refractivity contribution in [2.24, 2.45) is 0 Å². The molecule has 11 heteroatoms. The zero-order valence-corrected chi connectivity index (χ0v) is 15.9. The number of hydrogen-bond donors (Lipinski definition) is 2. The van der Waals surface area contributed by atoms with Crippen molar-refractivity contribution in [2.75, 3.05) is 18.4 Å². The van der Waals surface area contributed by atoms with Crippen LogP contribution in [0.15, 0.2) is 24.4 Å². The summed E-state index contributed by atoms with van der Waals surface area (Å²) < 4.78 is 29.7. The maximum Gasteiger partial charge on any atom is 0.519 e. The van der Waals surface area contributed by atoms with E-state index >= 15 is 0 Å². The summed E-state index contributed by atoms with van der Waals surface area (Å²) in [7, 11) is 0. The van der Waals surface area contributed by atoms with Crippen LogP contribution in [0.2, 0.25) is 5.02 Å². The summed E-state index contributed by atoms with van der Waals surface area (Å²) in [6.45, 7) is 5.34. The molecule has 1 aliphatic heterocycles. The number of likely N-dealkylation sites (tertiary alicyclic amines) is 1. The predicted molar refractivity (Wildman–Crippen MR) is 97.6 cm³/mol. The molecule has 28 heavy (non-hydrogen) atoms. The van der Waals surface area contributed by atoms with E-state index in [4.69, 9.17) is 16.7 Å². The zero-order chi connectivity index (χ0) is 20.9. The lowest BCUT2D eigenvalue weighted by atomic mass is 10.1. The standard InChI is InChI=1S/C16H18ClN5O.CHF3O/c1-10(16(23)22-6-3-7-22)19-15-8-14(20-11(2)21-15)13-5-4-12(17)9-18-13;2-1(3,4)5/h4-5,8-10H,3,6-7H2,1-2H3,(H,19,20,21);5H/t10-;/m1./s1. The molecule has 0 aromatic carbocycles. The van der Waals surface area contributed by atoms with Gasteiger partial charge in [0.2, 0.25) is 5.91 Å². The lowest BCUT2D eigenvalue weighted by molar-refractivity contribution is -0.295. The largest absolute Gasteiger partial charge is 0.519 e. The van der Waals surface area contributed by atoms with Gasteiger partial charge in [-0.25, -0.2) is 9.97 Å². The van der Waals surface area contributed by atoms with E-state index in [0.29, 0.717) is 28.1 Å². The van der Waals surface area contributed by atoms with Crippen molar-refractivity contribution in [3.8, 4) is 11.4 Å². The number of aliphatic hydroxyl groups is 1. The van der Waals surface area contributed by atoms with E-state index in [1.54, 1.807) is 18.3 Å². The van der Waals surface area contributed by atoms with E-state index < -0.39 is 6.36 Å². The average Bonchev–Trinajstić information content (AvgIpc) is 2.51. The van der Waals surface area contributed by atoms with Crippen molar-refractivity contribution in [1.29, 1.82) is 0 Å². The maximum atomic E-state index is 12.2. The van der Waals surface area contributed by atoms with Crippen LogP contribution in [0.25, 0.3) is 11.4 Å². The van der Waals surface area contributed by atoms with Crippen molar-refractivity contribution in [1.82, 2.24) is 19.9 Å². The number of nitrogens with zero attached hydrogens (tertiary/aromatic N) is 4. The van der Waals surface area contributed by atoms with Crippen molar-refractivity contribution in [3.63, 3.8) is 0 Å². The Balaban J connectivity index is 0.000000500. The Bertz CT molecular complexity index is 807. The second kappa shape index (κ2) is 9.16. The van der Waals surface area contributed by atoms with E-state index in [2.05, 4.69) is 20.3 Å². The number of aromatic nitrogens is 3. The fourth-order valence-corrected chi connectivity index (χ4v) is 2.51. The Hall–Kier alpha value is -2.46. The van der Waals surface area contributed by atoms with Crippen LogP contribution in [0.5, 0.6) is 0 Å². The van der Waals surface area contributed by atoms with Crippen LogP contribution < -0.4 is 5.32 Å². The van der Waals surface area contributed by atoms with Gasteiger partial charge >= 0.3 is 6.36 Å². The van der Waals surface area contributed by atoms with Crippen molar-refractivity contribution in [2.45, 2.75) is 32.7 Å². The molecule has 2 aromatic heterocycles. The molecule has 7 nitrogen and oxygen atoms in total. The fourth-order valence-electron chi connectivity index (χ4n) is 2.39. The molecule has 0 aliphatic carbocycles. The summed E-state index contributed by atoms with van der Waals surface area (Å²) in [5.74, 6) is 1.33. The van der Waals surface area contributed by atoms with Gasteiger partial charge in [-0.3, -0.25) is 9.78 Å².